The van der Waals surface area contributed by atoms with Crippen molar-refractivity contribution in [2.75, 3.05) is 14.1 Å². The van der Waals surface area contributed by atoms with Gasteiger partial charge in [0.2, 0.25) is 12.3 Å². The van der Waals surface area contributed by atoms with Crippen molar-refractivity contribution in [2.45, 2.75) is 111 Å². The summed E-state index contributed by atoms with van der Waals surface area (Å²) in [5.41, 5.74) is 1.99. The van der Waals surface area contributed by atoms with Crippen molar-refractivity contribution in [3.63, 3.8) is 0 Å². The normalized spacial score (nSPS) is 42.0. The van der Waals surface area contributed by atoms with Gasteiger partial charge in [-0.25, -0.2) is 0 Å². The van der Waals surface area contributed by atoms with E-state index in [9.17, 15) is 9.59 Å². The van der Waals surface area contributed by atoms with Crippen LogP contribution in [-0.2, 0) is 9.59 Å². The van der Waals surface area contributed by atoms with Crippen LogP contribution in [0.2, 0.25) is 0 Å². The van der Waals surface area contributed by atoms with Crippen molar-refractivity contribution in [3.05, 3.63) is 11.6 Å². The van der Waals surface area contributed by atoms with Crippen molar-refractivity contribution < 1.29 is 9.59 Å². The molecule has 35 heavy (non-hydrogen) atoms. The first-order chi connectivity index (χ1) is 16.4. The summed E-state index contributed by atoms with van der Waals surface area (Å²) in [5, 5.41) is 0. The summed E-state index contributed by atoms with van der Waals surface area (Å²) in [7, 11) is 4.00. The van der Waals surface area contributed by atoms with Crippen molar-refractivity contribution in [3.8, 4) is 0 Å². The Morgan fingerprint density at radius 1 is 0.914 bits per heavy atom. The van der Waals surface area contributed by atoms with Gasteiger partial charge in [-0.15, -0.1) is 0 Å². The van der Waals surface area contributed by atoms with E-state index in [4.69, 9.17) is 0 Å². The van der Waals surface area contributed by atoms with E-state index in [1.165, 1.54) is 56.9 Å². The van der Waals surface area contributed by atoms with E-state index in [0.717, 1.165) is 36.5 Å². The van der Waals surface area contributed by atoms with Crippen LogP contribution in [0, 0.1) is 46.3 Å². The van der Waals surface area contributed by atoms with Gasteiger partial charge in [-0.3, -0.25) is 9.59 Å². The Morgan fingerprint density at radius 3 is 2.23 bits per heavy atom. The van der Waals surface area contributed by atoms with E-state index in [1.807, 2.05) is 25.1 Å². The molecule has 4 saturated carbocycles. The van der Waals surface area contributed by atoms with Gasteiger partial charge in [0.1, 0.15) is 0 Å². The predicted molar refractivity (Wildman–Crippen MR) is 144 cm³/mol. The molecule has 4 rings (SSSR count). The predicted octanol–water partition coefficient (Wildman–Crippen LogP) is 6.55. The highest BCUT2D eigenvalue weighted by molar-refractivity contribution is 5.88. The molecule has 198 valence electrons. The number of amides is 2. The number of carbonyl (C=O) groups excluding carboxylic acids is 2. The van der Waals surface area contributed by atoms with Gasteiger partial charge >= 0.3 is 0 Å². The molecular formula is C31H52N2O2. The van der Waals surface area contributed by atoms with E-state index in [2.05, 4.69) is 46.4 Å². The van der Waals surface area contributed by atoms with Gasteiger partial charge in [0.15, 0.2) is 0 Å². The van der Waals surface area contributed by atoms with Gasteiger partial charge < -0.3 is 9.80 Å². The Hall–Kier alpha value is -1.32. The highest BCUT2D eigenvalue weighted by Crippen LogP contribution is 2.68. The summed E-state index contributed by atoms with van der Waals surface area (Å²) in [5.74, 6) is 4.49. The summed E-state index contributed by atoms with van der Waals surface area (Å²) < 4.78 is 0. The first kappa shape index (κ1) is 26.7. The molecule has 0 heterocycles. The SMILES string of the molecule is CC(=CC(=O)N(C)C1CCC2(C)C(CCC3C2CCC2(C)C3CCC2C(C)N(C)C=O)C1)C(C)C. The standard InChI is InChI=1S/C31H52N2O2/c1-20(2)21(3)17-29(35)33(8)24-13-15-30(5)23(18-24)9-10-25-27-12-11-26(22(4)32(7)19-34)31(27,6)16-14-28(25)30/h17,19-20,22-28H,9-16,18H2,1-8H3. The molecule has 4 fully saturated rings. The minimum Gasteiger partial charge on any atom is -0.345 e. The van der Waals surface area contributed by atoms with Crippen LogP contribution in [0.4, 0.5) is 0 Å². The fourth-order valence-electron chi connectivity index (χ4n) is 9.44. The Bertz CT molecular complexity index is 836. The molecule has 2 amide bonds. The Labute approximate surface area is 215 Å². The maximum atomic E-state index is 13.0. The van der Waals surface area contributed by atoms with Crippen molar-refractivity contribution >= 4 is 12.3 Å². The Balaban J connectivity index is 1.46. The van der Waals surface area contributed by atoms with Crippen LogP contribution >= 0.6 is 0 Å². The molecule has 0 radical (unpaired) electrons. The Morgan fingerprint density at radius 2 is 1.57 bits per heavy atom. The van der Waals surface area contributed by atoms with Gasteiger partial charge in [-0.2, -0.15) is 0 Å². The lowest BCUT2D eigenvalue weighted by atomic mass is 9.44. The molecule has 4 nitrogen and oxygen atoms in total. The average molecular weight is 485 g/mol. The van der Waals surface area contributed by atoms with Crippen LogP contribution in [0.5, 0.6) is 0 Å². The van der Waals surface area contributed by atoms with E-state index >= 15 is 0 Å². The van der Waals surface area contributed by atoms with Gasteiger partial charge in [0, 0.05) is 32.3 Å². The number of likely N-dealkylation sites (N-methyl/N-ethyl adjacent to an activating group) is 1. The quantitative estimate of drug-likeness (QED) is 0.317. The lowest BCUT2D eigenvalue weighted by Gasteiger charge is -2.62. The molecule has 9 atom stereocenters. The van der Waals surface area contributed by atoms with Crippen LogP contribution in [0.15, 0.2) is 11.6 Å². The zero-order valence-corrected chi connectivity index (χ0v) is 23.8. The van der Waals surface area contributed by atoms with E-state index in [1.54, 1.807) is 0 Å². The molecule has 9 unspecified atom stereocenters. The molecule has 0 aromatic heterocycles. The highest BCUT2D eigenvalue weighted by Gasteiger charge is 2.61. The zero-order valence-electron chi connectivity index (χ0n) is 23.8. The third-order valence-electron chi connectivity index (χ3n) is 12.3. The minimum absolute atomic E-state index is 0.193. The van der Waals surface area contributed by atoms with E-state index < -0.39 is 0 Å². The lowest BCUT2D eigenvalue weighted by molar-refractivity contribution is -0.138. The highest BCUT2D eigenvalue weighted by atomic mass is 16.2. The van der Waals surface area contributed by atoms with Gasteiger partial charge in [0.05, 0.1) is 0 Å². The number of rotatable bonds is 6. The van der Waals surface area contributed by atoms with Gasteiger partial charge in [-0.1, -0.05) is 33.3 Å². The van der Waals surface area contributed by atoms with Gasteiger partial charge in [-0.05, 0) is 118 Å². The molecule has 4 aliphatic rings. The Kier molecular flexibility index (Phi) is 7.53. The van der Waals surface area contributed by atoms with Crippen LogP contribution in [0.1, 0.15) is 99.3 Å². The molecule has 0 aliphatic heterocycles. The molecule has 0 saturated heterocycles. The van der Waals surface area contributed by atoms with E-state index in [-0.39, 0.29) is 5.91 Å². The summed E-state index contributed by atoms with van der Waals surface area (Å²) in [6.07, 6.45) is 14.5. The smallest absolute Gasteiger partial charge is 0.246 e. The van der Waals surface area contributed by atoms with Gasteiger partial charge in [0.25, 0.3) is 0 Å². The van der Waals surface area contributed by atoms with Crippen LogP contribution < -0.4 is 0 Å². The maximum Gasteiger partial charge on any atom is 0.246 e. The molecule has 0 bridgehead atoms. The second-order valence-electron chi connectivity index (χ2n) is 13.8. The topological polar surface area (TPSA) is 40.6 Å². The summed E-state index contributed by atoms with van der Waals surface area (Å²) in [6.45, 7) is 13.9. The minimum atomic E-state index is 0.193. The van der Waals surface area contributed by atoms with Crippen LogP contribution in [0.3, 0.4) is 0 Å². The average Bonchev–Trinajstić information content (AvgIpc) is 3.18. The summed E-state index contributed by atoms with van der Waals surface area (Å²) in [4.78, 5) is 28.4. The number of hydrogen-bond donors (Lipinski definition) is 0. The lowest BCUT2D eigenvalue weighted by Crippen LogP contribution is -2.56. The maximum absolute atomic E-state index is 13.0. The molecule has 0 aromatic rings. The third-order valence-corrected chi connectivity index (χ3v) is 12.3. The molecule has 4 heteroatoms. The number of fused-ring (bicyclic) bond motifs is 5. The molecule has 0 N–H and O–H groups in total. The van der Waals surface area contributed by atoms with E-state index in [0.29, 0.717) is 34.7 Å². The van der Waals surface area contributed by atoms with Crippen molar-refractivity contribution in [1.29, 1.82) is 0 Å². The number of nitrogens with zero attached hydrogens (tertiary/aromatic N) is 2. The number of hydrogen-bond acceptors (Lipinski definition) is 2. The van der Waals surface area contributed by atoms with Crippen molar-refractivity contribution in [1.82, 2.24) is 9.80 Å². The third kappa shape index (κ3) is 4.50. The molecule has 0 spiro atoms. The number of carbonyl (C=O) groups is 2. The van der Waals surface area contributed by atoms with Crippen molar-refractivity contribution in [2.24, 2.45) is 46.3 Å². The molecular weight excluding hydrogens is 432 g/mol. The first-order valence-corrected chi connectivity index (χ1v) is 14.6. The zero-order chi connectivity index (χ0) is 25.7. The summed E-state index contributed by atoms with van der Waals surface area (Å²) in [6, 6.07) is 0.723. The molecule has 4 aliphatic carbocycles. The molecule has 0 aromatic carbocycles. The second-order valence-corrected chi connectivity index (χ2v) is 13.8. The fraction of sp³-hybridized carbons (Fsp3) is 0.871. The largest absolute Gasteiger partial charge is 0.345 e. The second kappa shape index (κ2) is 9.86. The fourth-order valence-corrected chi connectivity index (χ4v) is 9.44. The first-order valence-electron chi connectivity index (χ1n) is 14.6. The summed E-state index contributed by atoms with van der Waals surface area (Å²) >= 11 is 0. The van der Waals surface area contributed by atoms with Crippen LogP contribution in [-0.4, -0.2) is 48.3 Å². The number of allylic oxidation sites excluding steroid dienone is 1. The van der Waals surface area contributed by atoms with Crippen LogP contribution in [0.25, 0.3) is 0 Å². The monoisotopic (exact) mass is 484 g/mol.